The van der Waals surface area contributed by atoms with Crippen molar-refractivity contribution in [1.29, 1.82) is 0 Å². The van der Waals surface area contributed by atoms with Gasteiger partial charge < -0.3 is 10.6 Å². The molecule has 8 nitrogen and oxygen atoms in total. The Kier molecular flexibility index (Phi) is 5.81. The van der Waals surface area contributed by atoms with Gasteiger partial charge in [-0.3, -0.25) is 9.89 Å². The topological polar surface area (TPSA) is 100 Å². The third-order valence-electron chi connectivity index (χ3n) is 5.63. The van der Waals surface area contributed by atoms with Gasteiger partial charge in [0.05, 0.1) is 0 Å². The van der Waals surface area contributed by atoms with Crippen molar-refractivity contribution >= 4 is 40.5 Å². The molecule has 5 rings (SSSR count). The maximum absolute atomic E-state index is 12.5. The van der Waals surface area contributed by atoms with Gasteiger partial charge in [-0.05, 0) is 67.9 Å². The summed E-state index contributed by atoms with van der Waals surface area (Å²) in [4.78, 5) is 18.2. The standard InChI is InChI=1S/C23H25N7OS/c1-15-14-20(28-27-15)25-21-19-8-5-13-30(19)29-23(26-21)32-18-11-9-17(10-12-18)24-22(31)16-6-3-2-4-7-16/h5,8-14,16H,2-4,6-7H2,1H3,(H,24,31)(H2,25,26,27,28,29). The number of anilines is 3. The van der Waals surface area contributed by atoms with E-state index in [0.717, 1.165) is 47.5 Å². The third-order valence-corrected chi connectivity index (χ3v) is 6.49. The smallest absolute Gasteiger partial charge is 0.227 e. The Balaban J connectivity index is 1.30. The number of hydrogen-bond acceptors (Lipinski definition) is 6. The number of carbonyl (C=O) groups is 1. The molecule has 4 aromatic rings. The number of nitrogens with one attached hydrogen (secondary N) is 3. The van der Waals surface area contributed by atoms with Gasteiger partial charge in [-0.15, -0.1) is 5.10 Å². The van der Waals surface area contributed by atoms with Crippen molar-refractivity contribution in [2.75, 3.05) is 10.6 Å². The molecule has 164 valence electrons. The molecule has 1 aromatic carbocycles. The van der Waals surface area contributed by atoms with Crippen LogP contribution in [0.5, 0.6) is 0 Å². The molecule has 0 radical (unpaired) electrons. The lowest BCUT2D eigenvalue weighted by Crippen LogP contribution is -2.24. The van der Waals surface area contributed by atoms with Gasteiger partial charge in [0.2, 0.25) is 11.1 Å². The van der Waals surface area contributed by atoms with E-state index < -0.39 is 0 Å². The van der Waals surface area contributed by atoms with Crippen LogP contribution in [0.1, 0.15) is 37.8 Å². The Bertz CT molecular complexity index is 1220. The van der Waals surface area contributed by atoms with E-state index in [-0.39, 0.29) is 11.8 Å². The van der Waals surface area contributed by atoms with Crippen LogP contribution in [-0.4, -0.2) is 30.7 Å². The zero-order valence-electron chi connectivity index (χ0n) is 17.8. The Morgan fingerprint density at radius 3 is 2.72 bits per heavy atom. The second-order valence-electron chi connectivity index (χ2n) is 8.09. The molecule has 0 aliphatic heterocycles. The molecule has 1 amide bonds. The summed E-state index contributed by atoms with van der Waals surface area (Å²) in [5.41, 5.74) is 2.66. The molecule has 1 aliphatic rings. The molecule has 0 bridgehead atoms. The monoisotopic (exact) mass is 447 g/mol. The largest absolute Gasteiger partial charge is 0.326 e. The Labute approximate surface area is 190 Å². The normalized spacial score (nSPS) is 14.5. The summed E-state index contributed by atoms with van der Waals surface area (Å²) in [5, 5.41) is 18.7. The fraction of sp³-hybridized carbons (Fsp3) is 0.304. The van der Waals surface area contributed by atoms with E-state index in [1.807, 2.05) is 55.6 Å². The summed E-state index contributed by atoms with van der Waals surface area (Å²) in [6, 6.07) is 13.6. The number of nitrogens with zero attached hydrogens (tertiary/aromatic N) is 4. The summed E-state index contributed by atoms with van der Waals surface area (Å²) in [6.45, 7) is 1.95. The van der Waals surface area contributed by atoms with Crippen molar-refractivity contribution in [2.24, 2.45) is 5.92 Å². The zero-order valence-corrected chi connectivity index (χ0v) is 18.7. The highest BCUT2D eigenvalue weighted by Gasteiger charge is 2.21. The van der Waals surface area contributed by atoms with Gasteiger partial charge in [0.1, 0.15) is 5.52 Å². The van der Waals surface area contributed by atoms with E-state index in [1.165, 1.54) is 18.2 Å². The van der Waals surface area contributed by atoms with Crippen LogP contribution in [0.3, 0.4) is 0 Å². The minimum Gasteiger partial charge on any atom is -0.326 e. The van der Waals surface area contributed by atoms with Gasteiger partial charge in [-0.1, -0.05) is 19.3 Å². The Morgan fingerprint density at radius 1 is 1.16 bits per heavy atom. The molecule has 3 heterocycles. The predicted molar refractivity (Wildman–Crippen MR) is 125 cm³/mol. The van der Waals surface area contributed by atoms with Gasteiger partial charge in [0.25, 0.3) is 0 Å². The molecule has 1 saturated carbocycles. The van der Waals surface area contributed by atoms with Crippen molar-refractivity contribution in [3.63, 3.8) is 0 Å². The Hall–Kier alpha value is -3.33. The first kappa shape index (κ1) is 20.6. The van der Waals surface area contributed by atoms with E-state index in [9.17, 15) is 4.79 Å². The van der Waals surface area contributed by atoms with Gasteiger partial charge in [0, 0.05) is 34.5 Å². The number of amides is 1. The molecule has 32 heavy (non-hydrogen) atoms. The number of H-pyrrole nitrogens is 1. The van der Waals surface area contributed by atoms with Crippen molar-refractivity contribution in [3.05, 3.63) is 54.4 Å². The molecule has 9 heteroatoms. The molecule has 3 N–H and O–H groups in total. The number of rotatable bonds is 6. The fourth-order valence-corrected chi connectivity index (χ4v) is 4.72. The minimum absolute atomic E-state index is 0.135. The molecule has 0 spiro atoms. The number of aromatic nitrogens is 5. The van der Waals surface area contributed by atoms with Crippen LogP contribution >= 0.6 is 11.8 Å². The van der Waals surface area contributed by atoms with Gasteiger partial charge >= 0.3 is 0 Å². The first-order valence-corrected chi connectivity index (χ1v) is 11.7. The second kappa shape index (κ2) is 9.04. The molecular weight excluding hydrogens is 422 g/mol. The zero-order chi connectivity index (χ0) is 21.9. The number of benzene rings is 1. The summed E-state index contributed by atoms with van der Waals surface area (Å²) in [7, 11) is 0. The maximum atomic E-state index is 12.5. The lowest BCUT2D eigenvalue weighted by atomic mass is 9.88. The lowest BCUT2D eigenvalue weighted by molar-refractivity contribution is -0.120. The summed E-state index contributed by atoms with van der Waals surface area (Å²) in [5.74, 6) is 1.67. The molecule has 1 aliphatic carbocycles. The highest BCUT2D eigenvalue weighted by molar-refractivity contribution is 7.99. The minimum atomic E-state index is 0.135. The van der Waals surface area contributed by atoms with Crippen LogP contribution < -0.4 is 10.6 Å². The third kappa shape index (κ3) is 4.62. The second-order valence-corrected chi connectivity index (χ2v) is 9.13. The van der Waals surface area contributed by atoms with Gasteiger partial charge in [-0.2, -0.15) is 5.10 Å². The average molecular weight is 448 g/mol. The molecule has 0 saturated heterocycles. The molecule has 1 fully saturated rings. The first-order chi connectivity index (χ1) is 15.6. The van der Waals surface area contributed by atoms with Gasteiger partial charge in [-0.25, -0.2) is 9.50 Å². The number of aryl methyl sites for hydroxylation is 1. The van der Waals surface area contributed by atoms with E-state index in [1.54, 1.807) is 4.52 Å². The quantitative estimate of drug-likeness (QED) is 0.377. The highest BCUT2D eigenvalue weighted by Crippen LogP contribution is 2.29. The molecule has 0 atom stereocenters. The molecule has 0 unspecified atom stereocenters. The van der Waals surface area contributed by atoms with Crippen LogP contribution in [0.4, 0.5) is 17.3 Å². The Morgan fingerprint density at radius 2 is 1.97 bits per heavy atom. The summed E-state index contributed by atoms with van der Waals surface area (Å²) < 4.78 is 1.80. The molecular formula is C23H25N7OS. The van der Waals surface area contributed by atoms with Gasteiger partial charge in [0.15, 0.2) is 11.6 Å². The van der Waals surface area contributed by atoms with Crippen molar-refractivity contribution < 1.29 is 4.79 Å². The van der Waals surface area contributed by atoms with E-state index in [2.05, 4.69) is 25.9 Å². The van der Waals surface area contributed by atoms with E-state index in [0.29, 0.717) is 16.8 Å². The number of carbonyl (C=O) groups excluding carboxylic acids is 1. The predicted octanol–water partition coefficient (Wildman–Crippen LogP) is 5.17. The van der Waals surface area contributed by atoms with Crippen molar-refractivity contribution in [2.45, 2.75) is 49.1 Å². The average Bonchev–Trinajstić information content (AvgIpc) is 3.44. The highest BCUT2D eigenvalue weighted by atomic mass is 32.2. The van der Waals surface area contributed by atoms with Crippen LogP contribution in [0, 0.1) is 12.8 Å². The van der Waals surface area contributed by atoms with E-state index in [4.69, 9.17) is 4.98 Å². The maximum Gasteiger partial charge on any atom is 0.227 e. The van der Waals surface area contributed by atoms with Crippen molar-refractivity contribution in [1.82, 2.24) is 24.8 Å². The first-order valence-electron chi connectivity index (χ1n) is 10.9. The van der Waals surface area contributed by atoms with Crippen LogP contribution in [0.2, 0.25) is 0 Å². The number of hydrogen-bond donors (Lipinski definition) is 3. The van der Waals surface area contributed by atoms with Crippen LogP contribution in [0.15, 0.2) is 58.7 Å². The van der Waals surface area contributed by atoms with E-state index >= 15 is 0 Å². The summed E-state index contributed by atoms with van der Waals surface area (Å²) in [6.07, 6.45) is 7.42. The summed E-state index contributed by atoms with van der Waals surface area (Å²) >= 11 is 1.47. The number of fused-ring (bicyclic) bond motifs is 1. The van der Waals surface area contributed by atoms with Crippen molar-refractivity contribution in [3.8, 4) is 0 Å². The lowest BCUT2D eigenvalue weighted by Gasteiger charge is -2.20. The molecule has 3 aromatic heterocycles. The van der Waals surface area contributed by atoms with Crippen LogP contribution in [0.25, 0.3) is 5.52 Å². The SMILES string of the molecule is Cc1cc(Nc2nc(Sc3ccc(NC(=O)C4CCCCC4)cc3)nn3cccc23)n[nH]1. The van der Waals surface area contributed by atoms with Crippen LogP contribution in [-0.2, 0) is 4.79 Å². The fourth-order valence-electron chi connectivity index (χ4n) is 3.97. The number of aromatic amines is 1.